The minimum atomic E-state index is -0.235. The van der Waals surface area contributed by atoms with Crippen LogP contribution in [0.25, 0.3) is 0 Å². The van der Waals surface area contributed by atoms with E-state index in [0.29, 0.717) is 11.4 Å². The standard InChI is InChI=1S/C18H17N5O/c1-23-10-9-20-18(23)17(14-5-3-4-6-15(14)24-2)22-16-8-7-13(11-19)12-21-16/h3-10,12,17H,1-2H3,(H,21,22). The summed E-state index contributed by atoms with van der Waals surface area (Å²) in [6.07, 6.45) is 5.19. The molecule has 2 aromatic heterocycles. The minimum absolute atomic E-state index is 0.235. The number of nitrogens with zero attached hydrogens (tertiary/aromatic N) is 4. The van der Waals surface area contributed by atoms with Crippen molar-refractivity contribution in [2.75, 3.05) is 12.4 Å². The van der Waals surface area contributed by atoms with E-state index in [0.717, 1.165) is 17.1 Å². The van der Waals surface area contributed by atoms with Crippen molar-refractivity contribution in [3.8, 4) is 11.8 Å². The molecule has 2 heterocycles. The largest absolute Gasteiger partial charge is 0.496 e. The van der Waals surface area contributed by atoms with E-state index < -0.39 is 0 Å². The van der Waals surface area contributed by atoms with Crippen LogP contribution in [-0.2, 0) is 7.05 Å². The van der Waals surface area contributed by atoms with E-state index in [2.05, 4.69) is 21.4 Å². The Kier molecular flexibility index (Phi) is 4.43. The molecule has 0 saturated carbocycles. The molecule has 0 aliphatic rings. The third-order valence-electron chi connectivity index (χ3n) is 3.75. The zero-order valence-corrected chi connectivity index (χ0v) is 13.5. The smallest absolute Gasteiger partial charge is 0.135 e. The van der Waals surface area contributed by atoms with E-state index in [4.69, 9.17) is 10.00 Å². The number of imidazole rings is 1. The summed E-state index contributed by atoms with van der Waals surface area (Å²) in [6, 6.07) is 13.1. The number of pyridine rings is 1. The van der Waals surface area contributed by atoms with Gasteiger partial charge in [-0.05, 0) is 18.2 Å². The van der Waals surface area contributed by atoms with Gasteiger partial charge < -0.3 is 14.6 Å². The molecule has 0 aliphatic heterocycles. The molecule has 120 valence electrons. The van der Waals surface area contributed by atoms with Crippen LogP contribution in [0.2, 0.25) is 0 Å². The van der Waals surface area contributed by atoms with Gasteiger partial charge in [0, 0.05) is 31.2 Å². The van der Waals surface area contributed by atoms with E-state index in [-0.39, 0.29) is 6.04 Å². The fourth-order valence-electron chi connectivity index (χ4n) is 2.53. The topological polar surface area (TPSA) is 75.8 Å². The first-order valence-corrected chi connectivity index (χ1v) is 7.45. The molecule has 0 amide bonds. The van der Waals surface area contributed by atoms with Crippen LogP contribution >= 0.6 is 0 Å². The molecule has 6 heteroatoms. The van der Waals surface area contributed by atoms with Gasteiger partial charge in [0.2, 0.25) is 0 Å². The number of nitriles is 1. The molecule has 0 spiro atoms. The van der Waals surface area contributed by atoms with Gasteiger partial charge in [0.1, 0.15) is 29.5 Å². The van der Waals surface area contributed by atoms with Gasteiger partial charge in [-0.2, -0.15) is 5.26 Å². The molecule has 0 fully saturated rings. The Hall–Kier alpha value is -3.33. The molecule has 0 bridgehead atoms. The molecule has 3 rings (SSSR count). The van der Waals surface area contributed by atoms with Crippen molar-refractivity contribution >= 4 is 5.82 Å². The quantitative estimate of drug-likeness (QED) is 0.782. The summed E-state index contributed by atoms with van der Waals surface area (Å²) in [5.74, 6) is 2.27. The minimum Gasteiger partial charge on any atom is -0.496 e. The van der Waals surface area contributed by atoms with Gasteiger partial charge >= 0.3 is 0 Å². The lowest BCUT2D eigenvalue weighted by atomic mass is 10.0. The van der Waals surface area contributed by atoms with Crippen molar-refractivity contribution in [3.63, 3.8) is 0 Å². The molecule has 1 unspecified atom stereocenters. The van der Waals surface area contributed by atoms with Crippen molar-refractivity contribution in [1.29, 1.82) is 5.26 Å². The molecule has 1 aromatic carbocycles. The van der Waals surface area contributed by atoms with Crippen molar-refractivity contribution in [2.24, 2.45) is 7.05 Å². The van der Waals surface area contributed by atoms with Crippen LogP contribution in [0.3, 0.4) is 0 Å². The summed E-state index contributed by atoms with van der Waals surface area (Å²) in [6.45, 7) is 0. The Morgan fingerprint density at radius 1 is 1.21 bits per heavy atom. The van der Waals surface area contributed by atoms with Crippen LogP contribution in [0.5, 0.6) is 5.75 Å². The summed E-state index contributed by atoms with van der Waals surface area (Å²) >= 11 is 0. The molecule has 1 atom stereocenters. The summed E-state index contributed by atoms with van der Waals surface area (Å²) in [7, 11) is 3.59. The van der Waals surface area contributed by atoms with Gasteiger partial charge in [-0.15, -0.1) is 0 Å². The predicted molar refractivity (Wildman–Crippen MR) is 90.6 cm³/mol. The van der Waals surface area contributed by atoms with E-state index in [1.807, 2.05) is 42.1 Å². The van der Waals surface area contributed by atoms with Crippen LogP contribution in [0.15, 0.2) is 55.0 Å². The SMILES string of the molecule is COc1ccccc1C(Nc1ccc(C#N)cn1)c1nccn1C. The van der Waals surface area contributed by atoms with Crippen molar-refractivity contribution < 1.29 is 4.74 Å². The zero-order chi connectivity index (χ0) is 16.9. The number of methoxy groups -OCH3 is 1. The molecule has 1 N–H and O–H groups in total. The summed E-state index contributed by atoms with van der Waals surface area (Å²) < 4.78 is 7.45. The second-order valence-electron chi connectivity index (χ2n) is 5.26. The zero-order valence-electron chi connectivity index (χ0n) is 13.5. The van der Waals surface area contributed by atoms with Gasteiger partial charge in [-0.3, -0.25) is 0 Å². The van der Waals surface area contributed by atoms with Crippen LogP contribution in [-0.4, -0.2) is 21.6 Å². The number of benzene rings is 1. The fraction of sp³-hybridized carbons (Fsp3) is 0.167. The monoisotopic (exact) mass is 319 g/mol. The Morgan fingerprint density at radius 3 is 2.67 bits per heavy atom. The Morgan fingerprint density at radius 2 is 2.04 bits per heavy atom. The molecule has 0 saturated heterocycles. The normalized spacial score (nSPS) is 11.5. The van der Waals surface area contributed by atoms with E-state index in [1.54, 1.807) is 31.6 Å². The summed E-state index contributed by atoms with van der Waals surface area (Å²) in [5, 5.41) is 12.3. The molecule has 6 nitrogen and oxygen atoms in total. The number of hydrogen-bond donors (Lipinski definition) is 1. The van der Waals surface area contributed by atoms with Crippen molar-refractivity contribution in [3.05, 3.63) is 71.9 Å². The average Bonchev–Trinajstić information content (AvgIpc) is 3.06. The number of hydrogen-bond acceptors (Lipinski definition) is 5. The first kappa shape index (κ1) is 15.6. The highest BCUT2D eigenvalue weighted by molar-refractivity contribution is 5.47. The van der Waals surface area contributed by atoms with Crippen molar-refractivity contribution in [2.45, 2.75) is 6.04 Å². The average molecular weight is 319 g/mol. The molecule has 3 aromatic rings. The fourth-order valence-corrected chi connectivity index (χ4v) is 2.53. The number of aryl methyl sites for hydroxylation is 1. The maximum atomic E-state index is 8.90. The number of rotatable bonds is 5. The van der Waals surface area contributed by atoms with Crippen LogP contribution < -0.4 is 10.1 Å². The number of aromatic nitrogens is 3. The van der Waals surface area contributed by atoms with Crippen LogP contribution in [0, 0.1) is 11.3 Å². The highest BCUT2D eigenvalue weighted by atomic mass is 16.5. The van der Waals surface area contributed by atoms with Crippen molar-refractivity contribution in [1.82, 2.24) is 14.5 Å². The highest BCUT2D eigenvalue weighted by Gasteiger charge is 2.22. The maximum absolute atomic E-state index is 8.90. The summed E-state index contributed by atoms with van der Waals surface area (Å²) in [5.41, 5.74) is 1.48. The first-order valence-electron chi connectivity index (χ1n) is 7.45. The lowest BCUT2D eigenvalue weighted by Gasteiger charge is -2.21. The van der Waals surface area contributed by atoms with Gasteiger partial charge in [0.25, 0.3) is 0 Å². The van der Waals surface area contributed by atoms with Gasteiger partial charge in [-0.1, -0.05) is 18.2 Å². The van der Waals surface area contributed by atoms with Crippen LogP contribution in [0.1, 0.15) is 23.0 Å². The number of para-hydroxylation sites is 1. The number of ether oxygens (including phenoxy) is 1. The Labute approximate surface area is 140 Å². The Bertz CT molecular complexity index is 864. The van der Waals surface area contributed by atoms with Gasteiger partial charge in [-0.25, -0.2) is 9.97 Å². The third-order valence-corrected chi connectivity index (χ3v) is 3.75. The molecule has 0 aliphatic carbocycles. The second-order valence-corrected chi connectivity index (χ2v) is 5.26. The molecular weight excluding hydrogens is 302 g/mol. The van der Waals surface area contributed by atoms with E-state index in [9.17, 15) is 0 Å². The lowest BCUT2D eigenvalue weighted by Crippen LogP contribution is -2.18. The van der Waals surface area contributed by atoms with Crippen LogP contribution in [0.4, 0.5) is 5.82 Å². The Balaban J connectivity index is 2.02. The third kappa shape index (κ3) is 3.06. The van der Waals surface area contributed by atoms with E-state index in [1.165, 1.54) is 0 Å². The number of anilines is 1. The maximum Gasteiger partial charge on any atom is 0.135 e. The number of nitrogens with one attached hydrogen (secondary N) is 1. The molecule has 24 heavy (non-hydrogen) atoms. The van der Waals surface area contributed by atoms with Gasteiger partial charge in [0.15, 0.2) is 0 Å². The summed E-state index contributed by atoms with van der Waals surface area (Å²) in [4.78, 5) is 8.76. The highest BCUT2D eigenvalue weighted by Crippen LogP contribution is 2.31. The first-order chi connectivity index (χ1) is 11.7. The predicted octanol–water partition coefficient (Wildman–Crippen LogP) is 2.90. The molecule has 0 radical (unpaired) electrons. The second kappa shape index (κ2) is 6.84. The van der Waals surface area contributed by atoms with Gasteiger partial charge in [0.05, 0.1) is 12.7 Å². The molecular formula is C18H17N5O. The van der Waals surface area contributed by atoms with E-state index >= 15 is 0 Å². The lowest BCUT2D eigenvalue weighted by molar-refractivity contribution is 0.408.